The maximum absolute atomic E-state index is 10.5. The highest BCUT2D eigenvalue weighted by Crippen LogP contribution is 2.27. The molecule has 0 saturated heterocycles. The minimum atomic E-state index is -0.481. The molecule has 0 aromatic carbocycles. The lowest BCUT2D eigenvalue weighted by atomic mass is 10.3. The van der Waals surface area contributed by atoms with Crippen molar-refractivity contribution in [3.63, 3.8) is 0 Å². The van der Waals surface area contributed by atoms with Crippen LogP contribution in [0.5, 0.6) is 0 Å². The molecule has 0 atom stereocenters. The van der Waals surface area contributed by atoms with Crippen LogP contribution in [0.4, 0.5) is 5.69 Å². The van der Waals surface area contributed by atoms with Crippen LogP contribution in [0.1, 0.15) is 5.76 Å². The van der Waals surface area contributed by atoms with Gasteiger partial charge in [0, 0.05) is 19.3 Å². The monoisotopic (exact) mass is 193 g/mol. The Balaban J connectivity index is 2.48. The second kappa shape index (κ2) is 2.99. The topological polar surface area (TPSA) is 85.0 Å². The molecule has 0 fully saturated rings. The molecular weight excluding hydrogens is 186 g/mol. The first-order chi connectivity index (χ1) is 6.68. The van der Waals surface area contributed by atoms with Gasteiger partial charge in [0.05, 0.1) is 11.0 Å². The zero-order valence-corrected chi connectivity index (χ0v) is 7.35. The lowest BCUT2D eigenvalue weighted by molar-refractivity contribution is -0.385. The minimum Gasteiger partial charge on any atom is -0.451 e. The molecule has 0 aliphatic carbocycles. The Hall–Kier alpha value is -2.11. The smallest absolute Gasteiger partial charge is 0.310 e. The third-order valence-corrected chi connectivity index (χ3v) is 1.82. The molecule has 0 unspecified atom stereocenters. The first kappa shape index (κ1) is 8.49. The molecule has 2 heterocycles. The maximum Gasteiger partial charge on any atom is 0.310 e. The Kier molecular flexibility index (Phi) is 1.81. The third kappa shape index (κ3) is 1.26. The Morgan fingerprint density at radius 3 is 2.93 bits per heavy atom. The van der Waals surface area contributed by atoms with Crippen molar-refractivity contribution in [2.75, 3.05) is 0 Å². The summed E-state index contributed by atoms with van der Waals surface area (Å²) >= 11 is 0. The first-order valence-electron chi connectivity index (χ1n) is 3.93. The molecular formula is C8H7N3O3. The van der Waals surface area contributed by atoms with E-state index < -0.39 is 4.92 Å². The van der Waals surface area contributed by atoms with Crippen molar-refractivity contribution < 1.29 is 9.34 Å². The number of nitrogens with one attached hydrogen (secondary N) is 1. The van der Waals surface area contributed by atoms with E-state index in [0.717, 1.165) is 0 Å². The fraction of sp³-hybridized carbons (Fsp3) is 0.125. The van der Waals surface area contributed by atoms with Gasteiger partial charge in [-0.15, -0.1) is 0 Å². The summed E-state index contributed by atoms with van der Waals surface area (Å²) < 4.78 is 5.18. The van der Waals surface area contributed by atoms with Gasteiger partial charge in [0.2, 0.25) is 0 Å². The average Bonchev–Trinajstić information content (AvgIpc) is 2.70. The molecule has 1 N–H and O–H groups in total. The van der Waals surface area contributed by atoms with Crippen molar-refractivity contribution >= 4 is 5.69 Å². The van der Waals surface area contributed by atoms with E-state index in [1.807, 2.05) is 0 Å². The molecule has 0 spiro atoms. The number of hydrogen-bond donors (Lipinski definition) is 1. The maximum atomic E-state index is 10.5. The number of rotatable bonds is 2. The zero-order chi connectivity index (χ0) is 10.1. The Morgan fingerprint density at radius 2 is 2.43 bits per heavy atom. The second-order valence-electron chi connectivity index (χ2n) is 2.75. The molecule has 72 valence electrons. The van der Waals surface area contributed by atoms with Crippen molar-refractivity contribution in [1.82, 2.24) is 9.97 Å². The van der Waals surface area contributed by atoms with Crippen LogP contribution in [-0.4, -0.2) is 14.9 Å². The Morgan fingerprint density at radius 1 is 1.64 bits per heavy atom. The van der Waals surface area contributed by atoms with Crippen LogP contribution in [-0.2, 0) is 0 Å². The van der Waals surface area contributed by atoms with Gasteiger partial charge >= 0.3 is 5.69 Å². The predicted octanol–water partition coefficient (Wildman–Crippen LogP) is 1.89. The van der Waals surface area contributed by atoms with Gasteiger partial charge in [0.1, 0.15) is 0 Å². The molecule has 0 aliphatic heterocycles. The first-order valence-corrected chi connectivity index (χ1v) is 3.93. The highest BCUT2D eigenvalue weighted by Gasteiger charge is 2.18. The van der Waals surface area contributed by atoms with Crippen LogP contribution in [0.2, 0.25) is 0 Å². The van der Waals surface area contributed by atoms with Crippen molar-refractivity contribution in [3.8, 4) is 11.6 Å². The molecule has 6 heteroatoms. The number of imidazole rings is 1. The Labute approximate surface area is 78.7 Å². The summed E-state index contributed by atoms with van der Waals surface area (Å²) in [5.41, 5.74) is -0.0311. The van der Waals surface area contributed by atoms with Crippen LogP contribution >= 0.6 is 0 Å². The fourth-order valence-electron chi connectivity index (χ4n) is 1.17. The van der Waals surface area contributed by atoms with E-state index in [4.69, 9.17) is 4.42 Å². The lowest BCUT2D eigenvalue weighted by Crippen LogP contribution is -1.85. The van der Waals surface area contributed by atoms with Crippen LogP contribution in [0.3, 0.4) is 0 Å². The summed E-state index contributed by atoms with van der Waals surface area (Å²) in [6.45, 7) is 1.55. The number of aromatic nitrogens is 2. The molecule has 0 amide bonds. The highest BCUT2D eigenvalue weighted by atomic mass is 16.6. The predicted molar refractivity (Wildman–Crippen MR) is 47.7 cm³/mol. The van der Waals surface area contributed by atoms with Gasteiger partial charge in [-0.05, 0) is 0 Å². The molecule has 0 aliphatic rings. The molecule has 2 aromatic rings. The number of nitrogens with zero attached hydrogens (tertiary/aromatic N) is 2. The van der Waals surface area contributed by atoms with Crippen molar-refractivity contribution in [2.24, 2.45) is 0 Å². The standard InChI is InChI=1S/C8H7N3O3/c1-5-6(11(12)13)4-7(14-5)8-9-2-3-10-8/h2-4H,1H3,(H,9,10). The van der Waals surface area contributed by atoms with E-state index in [2.05, 4.69) is 9.97 Å². The molecule has 14 heavy (non-hydrogen) atoms. The Bertz CT molecular complexity index is 458. The normalized spacial score (nSPS) is 10.4. The van der Waals surface area contributed by atoms with Gasteiger partial charge in [-0.1, -0.05) is 0 Å². The third-order valence-electron chi connectivity index (χ3n) is 1.82. The number of aryl methyl sites for hydroxylation is 1. The summed E-state index contributed by atoms with van der Waals surface area (Å²) in [6.07, 6.45) is 3.18. The zero-order valence-electron chi connectivity index (χ0n) is 7.35. The molecule has 0 bridgehead atoms. The molecule has 0 radical (unpaired) electrons. The SMILES string of the molecule is Cc1oc(-c2ncc[nH]2)cc1[N+](=O)[O-]. The summed E-state index contributed by atoms with van der Waals surface area (Å²) in [4.78, 5) is 16.8. The van der Waals surface area contributed by atoms with Gasteiger partial charge in [0.25, 0.3) is 0 Å². The minimum absolute atomic E-state index is 0.0311. The molecule has 2 aromatic heterocycles. The van der Waals surface area contributed by atoms with Gasteiger partial charge in [-0.25, -0.2) is 4.98 Å². The van der Waals surface area contributed by atoms with E-state index in [1.165, 1.54) is 6.07 Å². The van der Waals surface area contributed by atoms with E-state index in [9.17, 15) is 10.1 Å². The van der Waals surface area contributed by atoms with Crippen molar-refractivity contribution in [1.29, 1.82) is 0 Å². The fourth-order valence-corrected chi connectivity index (χ4v) is 1.17. The lowest BCUT2D eigenvalue weighted by Gasteiger charge is -1.85. The van der Waals surface area contributed by atoms with E-state index in [-0.39, 0.29) is 11.4 Å². The largest absolute Gasteiger partial charge is 0.451 e. The number of H-pyrrole nitrogens is 1. The van der Waals surface area contributed by atoms with Crippen LogP contribution in [0, 0.1) is 17.0 Å². The van der Waals surface area contributed by atoms with Gasteiger partial charge < -0.3 is 9.40 Å². The average molecular weight is 193 g/mol. The summed E-state index contributed by atoms with van der Waals surface area (Å²) in [5, 5.41) is 10.5. The van der Waals surface area contributed by atoms with E-state index in [1.54, 1.807) is 19.3 Å². The summed E-state index contributed by atoms with van der Waals surface area (Å²) in [7, 11) is 0. The summed E-state index contributed by atoms with van der Waals surface area (Å²) in [6, 6.07) is 1.36. The number of hydrogen-bond acceptors (Lipinski definition) is 4. The van der Waals surface area contributed by atoms with Crippen molar-refractivity contribution in [2.45, 2.75) is 6.92 Å². The quantitative estimate of drug-likeness (QED) is 0.582. The van der Waals surface area contributed by atoms with Crippen LogP contribution in [0.15, 0.2) is 22.9 Å². The van der Waals surface area contributed by atoms with E-state index in [0.29, 0.717) is 11.6 Å². The second-order valence-corrected chi connectivity index (χ2v) is 2.75. The molecule has 6 nitrogen and oxygen atoms in total. The van der Waals surface area contributed by atoms with Crippen molar-refractivity contribution in [3.05, 3.63) is 34.3 Å². The highest BCUT2D eigenvalue weighted by molar-refractivity contribution is 5.54. The van der Waals surface area contributed by atoms with Crippen LogP contribution < -0.4 is 0 Å². The number of aromatic amines is 1. The van der Waals surface area contributed by atoms with Gasteiger partial charge in [-0.2, -0.15) is 0 Å². The molecule has 0 saturated carbocycles. The van der Waals surface area contributed by atoms with Gasteiger partial charge in [0.15, 0.2) is 17.3 Å². The summed E-state index contributed by atoms with van der Waals surface area (Å²) in [5.74, 6) is 1.14. The van der Waals surface area contributed by atoms with Gasteiger partial charge in [-0.3, -0.25) is 10.1 Å². The van der Waals surface area contributed by atoms with Crippen LogP contribution in [0.25, 0.3) is 11.6 Å². The number of nitro groups is 1. The number of furan rings is 1. The van der Waals surface area contributed by atoms with E-state index >= 15 is 0 Å². The molecule has 2 rings (SSSR count).